The van der Waals surface area contributed by atoms with Crippen molar-refractivity contribution in [3.63, 3.8) is 0 Å². The van der Waals surface area contributed by atoms with Crippen molar-refractivity contribution in [1.29, 1.82) is 0 Å². The molecule has 1 amide bonds. The lowest BCUT2D eigenvalue weighted by molar-refractivity contribution is -0.111. The van der Waals surface area contributed by atoms with Crippen molar-refractivity contribution >= 4 is 22.7 Å². The molecule has 8 heteroatoms. The van der Waals surface area contributed by atoms with Gasteiger partial charge < -0.3 is 25.4 Å². The first-order valence-corrected chi connectivity index (χ1v) is 11.2. The Kier molecular flexibility index (Phi) is 5.56. The average Bonchev–Trinajstić information content (AvgIpc) is 3.26. The van der Waals surface area contributed by atoms with Crippen LogP contribution in [0, 0.1) is 5.82 Å². The van der Waals surface area contributed by atoms with Gasteiger partial charge in [0.05, 0.1) is 17.8 Å². The zero-order chi connectivity index (χ0) is 24.2. The van der Waals surface area contributed by atoms with Crippen molar-refractivity contribution in [1.82, 2.24) is 4.90 Å². The van der Waals surface area contributed by atoms with Gasteiger partial charge in [0.2, 0.25) is 0 Å². The molecule has 2 aromatic carbocycles. The lowest BCUT2D eigenvalue weighted by Gasteiger charge is -2.36. The Morgan fingerprint density at radius 2 is 1.76 bits per heavy atom. The van der Waals surface area contributed by atoms with E-state index in [4.69, 9.17) is 4.74 Å². The molecular weight excluding hydrogens is 439 g/mol. The number of halogens is 1. The number of fused-ring (bicyclic) bond motifs is 1. The van der Waals surface area contributed by atoms with Crippen LogP contribution in [0.4, 0.5) is 10.1 Å². The Labute approximate surface area is 196 Å². The Morgan fingerprint density at radius 3 is 2.44 bits per heavy atom. The highest BCUT2D eigenvalue weighted by atomic mass is 19.1. The number of carbonyl (C=O) groups excluding carboxylic acids is 1. The fraction of sp³-hybridized carbons (Fsp3) is 0.346. The summed E-state index contributed by atoms with van der Waals surface area (Å²) in [5.74, 6) is -0.343. The van der Waals surface area contributed by atoms with Gasteiger partial charge in [-0.25, -0.2) is 4.39 Å². The van der Waals surface area contributed by atoms with Gasteiger partial charge in [-0.3, -0.25) is 9.69 Å². The number of aliphatic hydroxyl groups excluding tert-OH is 3. The van der Waals surface area contributed by atoms with E-state index in [0.717, 1.165) is 16.7 Å². The molecule has 1 unspecified atom stereocenters. The molecule has 0 spiro atoms. The van der Waals surface area contributed by atoms with E-state index in [1.54, 1.807) is 6.07 Å². The van der Waals surface area contributed by atoms with Gasteiger partial charge in [0, 0.05) is 36.5 Å². The van der Waals surface area contributed by atoms with Crippen LogP contribution in [0.1, 0.15) is 30.5 Å². The zero-order valence-electron chi connectivity index (χ0n) is 19.0. The highest BCUT2D eigenvalue weighted by molar-refractivity contribution is 6.32. The van der Waals surface area contributed by atoms with Crippen molar-refractivity contribution < 1.29 is 29.2 Å². The van der Waals surface area contributed by atoms with E-state index in [2.05, 4.69) is 5.32 Å². The molecule has 1 saturated heterocycles. The number of anilines is 1. The Balaban J connectivity index is 1.41. The van der Waals surface area contributed by atoms with Crippen molar-refractivity contribution in [2.45, 2.75) is 44.3 Å². The number of hydrogen-bond donors (Lipinski definition) is 4. The van der Waals surface area contributed by atoms with E-state index in [-0.39, 0.29) is 19.0 Å². The molecule has 1 fully saturated rings. The largest absolute Gasteiger partial charge is 0.482 e. The van der Waals surface area contributed by atoms with Crippen LogP contribution in [0.5, 0.6) is 0 Å². The minimum Gasteiger partial charge on any atom is -0.482 e. The number of likely N-dealkylation sites (tertiary alicyclic amines) is 1. The summed E-state index contributed by atoms with van der Waals surface area (Å²) in [4.78, 5) is 14.5. The minimum absolute atomic E-state index is 0.285. The summed E-state index contributed by atoms with van der Waals surface area (Å²) in [6.07, 6.45) is -1.25. The van der Waals surface area contributed by atoms with Gasteiger partial charge in [-0.05, 0) is 49.2 Å². The SMILES string of the molecule is CC1(C)OC(=C2C(=O)Nc3ccc(F)cc32)C=C1c1ccc(CN2C[C@@H](O)C(O)[C@@H](O)C2)cc1. The summed E-state index contributed by atoms with van der Waals surface area (Å²) in [7, 11) is 0. The first-order chi connectivity index (χ1) is 16.1. The summed E-state index contributed by atoms with van der Waals surface area (Å²) in [5.41, 5.74) is 3.48. The number of β-amino-alcohol motifs (C(OH)–C–C–N with tert-alkyl or cyclic N) is 2. The average molecular weight is 467 g/mol. The molecule has 0 aromatic heterocycles. The van der Waals surface area contributed by atoms with Gasteiger partial charge in [0.25, 0.3) is 5.91 Å². The number of piperidine rings is 1. The van der Waals surface area contributed by atoms with Crippen molar-refractivity contribution in [2.24, 2.45) is 0 Å². The number of nitrogens with one attached hydrogen (secondary N) is 1. The van der Waals surface area contributed by atoms with Crippen LogP contribution < -0.4 is 5.32 Å². The lowest BCUT2D eigenvalue weighted by Crippen LogP contribution is -2.54. The maximum absolute atomic E-state index is 13.8. The van der Waals surface area contributed by atoms with Crippen molar-refractivity contribution in [2.75, 3.05) is 18.4 Å². The highest BCUT2D eigenvalue weighted by Crippen LogP contribution is 2.44. The molecule has 3 aliphatic rings. The number of carbonyl (C=O) groups is 1. The third-order valence-corrected chi connectivity index (χ3v) is 6.61. The molecule has 0 saturated carbocycles. The quantitative estimate of drug-likeness (QED) is 0.518. The summed E-state index contributed by atoms with van der Waals surface area (Å²) in [6.45, 7) is 4.93. The maximum Gasteiger partial charge on any atom is 0.260 e. The smallest absolute Gasteiger partial charge is 0.260 e. The second kappa shape index (κ2) is 8.32. The normalized spacial score (nSPS) is 28.4. The van der Waals surface area contributed by atoms with Crippen LogP contribution in [0.15, 0.2) is 54.3 Å². The van der Waals surface area contributed by atoms with E-state index in [1.165, 1.54) is 12.1 Å². The summed E-state index contributed by atoms with van der Waals surface area (Å²) >= 11 is 0. The lowest BCUT2D eigenvalue weighted by atomic mass is 9.91. The molecule has 3 heterocycles. The monoisotopic (exact) mass is 466 g/mol. The van der Waals surface area contributed by atoms with Crippen LogP contribution in [0.25, 0.3) is 11.1 Å². The van der Waals surface area contributed by atoms with Crippen LogP contribution in [-0.2, 0) is 16.1 Å². The fourth-order valence-electron chi connectivity index (χ4n) is 4.86. The Hall–Kier alpha value is -3.04. The summed E-state index contributed by atoms with van der Waals surface area (Å²) < 4.78 is 20.0. The zero-order valence-corrected chi connectivity index (χ0v) is 19.0. The molecule has 34 heavy (non-hydrogen) atoms. The predicted molar refractivity (Wildman–Crippen MR) is 125 cm³/mol. The van der Waals surface area contributed by atoms with Crippen LogP contribution in [0.2, 0.25) is 0 Å². The first kappa shape index (κ1) is 22.7. The third-order valence-electron chi connectivity index (χ3n) is 6.61. The number of hydrogen-bond acceptors (Lipinski definition) is 6. The summed E-state index contributed by atoms with van der Waals surface area (Å²) in [5, 5.41) is 32.3. The molecule has 0 radical (unpaired) electrons. The molecule has 3 atom stereocenters. The van der Waals surface area contributed by atoms with Crippen LogP contribution in [0.3, 0.4) is 0 Å². The number of amides is 1. The van der Waals surface area contributed by atoms with E-state index < -0.39 is 29.7 Å². The van der Waals surface area contributed by atoms with E-state index in [9.17, 15) is 24.5 Å². The van der Waals surface area contributed by atoms with Gasteiger partial charge >= 0.3 is 0 Å². The number of aliphatic hydroxyl groups is 3. The highest BCUT2D eigenvalue weighted by Gasteiger charge is 2.38. The minimum atomic E-state index is -1.12. The van der Waals surface area contributed by atoms with Gasteiger partial charge in [0.15, 0.2) is 0 Å². The Bertz CT molecular complexity index is 1190. The maximum atomic E-state index is 13.8. The molecule has 5 rings (SSSR count). The number of ether oxygens (including phenoxy) is 1. The first-order valence-electron chi connectivity index (χ1n) is 11.2. The molecule has 2 aromatic rings. The van der Waals surface area contributed by atoms with E-state index in [1.807, 2.05) is 49.1 Å². The van der Waals surface area contributed by atoms with Gasteiger partial charge in [-0.1, -0.05) is 24.3 Å². The summed E-state index contributed by atoms with van der Waals surface area (Å²) in [6, 6.07) is 12.0. The Morgan fingerprint density at radius 1 is 1.09 bits per heavy atom. The standard InChI is InChI=1S/C26H27FN2O5/c1-26(2)18(10-22(34-26)23-17-9-16(27)7-8-19(17)28-25(23)33)15-5-3-14(4-6-15)11-29-12-20(30)24(32)21(31)13-29/h3-10,20-21,24,30-32H,11-13H2,1-2H3,(H,28,33)/t20-,21+,24?. The molecule has 178 valence electrons. The number of rotatable bonds is 3. The van der Waals surface area contributed by atoms with Gasteiger partial charge in [-0.2, -0.15) is 0 Å². The molecule has 0 bridgehead atoms. The predicted octanol–water partition coefficient (Wildman–Crippen LogP) is 2.28. The van der Waals surface area contributed by atoms with Crippen LogP contribution >= 0.6 is 0 Å². The van der Waals surface area contributed by atoms with Gasteiger partial charge in [0.1, 0.15) is 23.3 Å². The molecule has 7 nitrogen and oxygen atoms in total. The second-order valence-electron chi connectivity index (χ2n) is 9.57. The van der Waals surface area contributed by atoms with Gasteiger partial charge in [-0.15, -0.1) is 0 Å². The third kappa shape index (κ3) is 4.03. The number of nitrogens with zero attached hydrogens (tertiary/aromatic N) is 1. The molecule has 4 N–H and O–H groups in total. The number of allylic oxidation sites excluding steroid dienone is 1. The van der Waals surface area contributed by atoms with Crippen LogP contribution in [-0.4, -0.2) is 63.1 Å². The van der Waals surface area contributed by atoms with E-state index >= 15 is 0 Å². The molecular formula is C26H27FN2O5. The van der Waals surface area contributed by atoms with Crippen molar-refractivity contribution in [3.8, 4) is 0 Å². The molecule has 3 aliphatic heterocycles. The van der Waals surface area contributed by atoms with Crippen molar-refractivity contribution in [3.05, 3.63) is 76.8 Å². The topological polar surface area (TPSA) is 102 Å². The molecule has 0 aliphatic carbocycles. The van der Waals surface area contributed by atoms with E-state index in [0.29, 0.717) is 29.1 Å². The fourth-order valence-corrected chi connectivity index (χ4v) is 4.86. The second-order valence-corrected chi connectivity index (χ2v) is 9.57. The number of benzene rings is 2.